The molecule has 0 radical (unpaired) electrons. The summed E-state index contributed by atoms with van der Waals surface area (Å²) in [7, 11) is 0. The van der Waals surface area contributed by atoms with E-state index in [1.54, 1.807) is 11.3 Å². The smallest absolute Gasteiger partial charge is 0.266 e. The maximum Gasteiger partial charge on any atom is 0.266 e. The molecule has 0 spiro atoms. The summed E-state index contributed by atoms with van der Waals surface area (Å²) in [5, 5.41) is 13.0. The van der Waals surface area contributed by atoms with Crippen molar-refractivity contribution in [2.45, 2.75) is 25.8 Å². The van der Waals surface area contributed by atoms with Gasteiger partial charge in [-0.2, -0.15) is 5.10 Å². The van der Waals surface area contributed by atoms with Gasteiger partial charge in [-0.3, -0.25) is 9.89 Å². The zero-order chi connectivity index (χ0) is 13.2. The number of carbonyl (C=O) groups excluding carboxylic acids is 1. The van der Waals surface area contributed by atoms with Gasteiger partial charge in [-0.1, -0.05) is 0 Å². The second-order valence-corrected chi connectivity index (χ2v) is 5.86. The highest BCUT2D eigenvalue weighted by molar-refractivity contribution is 7.14. The Morgan fingerprint density at radius 2 is 2.42 bits per heavy atom. The number of hydrogen-bond donors (Lipinski definition) is 3. The van der Waals surface area contributed by atoms with E-state index in [-0.39, 0.29) is 5.91 Å². The molecule has 19 heavy (non-hydrogen) atoms. The molecule has 3 rings (SSSR count). The molecule has 1 saturated heterocycles. The summed E-state index contributed by atoms with van der Waals surface area (Å²) >= 11 is 1.55. The van der Waals surface area contributed by atoms with Crippen molar-refractivity contribution in [3.8, 4) is 0 Å². The van der Waals surface area contributed by atoms with Crippen molar-refractivity contribution >= 4 is 23.1 Å². The zero-order valence-electron chi connectivity index (χ0n) is 10.7. The highest BCUT2D eigenvalue weighted by Crippen LogP contribution is 2.29. The lowest BCUT2D eigenvalue weighted by Gasteiger charge is -2.05. The normalized spacial score (nSPS) is 18.7. The molecule has 1 fully saturated rings. The monoisotopic (exact) mass is 276 g/mol. The molecule has 0 saturated carbocycles. The van der Waals surface area contributed by atoms with Crippen LogP contribution in [0.2, 0.25) is 0 Å². The standard InChI is InChI=1S/C13H16N4OS/c1-8-7-12(17-16-8)15-13(18)11-5-4-10(19-11)9-3-2-6-14-9/h4-5,7,9,14H,2-3,6H2,1H3,(H2,15,16,17,18). The summed E-state index contributed by atoms with van der Waals surface area (Å²) in [5.74, 6) is 0.470. The number of aromatic nitrogens is 2. The molecule has 6 heteroatoms. The second kappa shape index (κ2) is 5.14. The van der Waals surface area contributed by atoms with Crippen LogP contribution in [0, 0.1) is 6.92 Å². The van der Waals surface area contributed by atoms with E-state index in [0.29, 0.717) is 11.9 Å². The first kappa shape index (κ1) is 12.4. The number of aromatic amines is 1. The van der Waals surface area contributed by atoms with Crippen LogP contribution in [0.1, 0.15) is 39.1 Å². The fourth-order valence-electron chi connectivity index (χ4n) is 2.25. The Labute approximate surface area is 115 Å². The van der Waals surface area contributed by atoms with Gasteiger partial charge in [0.15, 0.2) is 5.82 Å². The average molecular weight is 276 g/mol. The summed E-state index contributed by atoms with van der Waals surface area (Å²) in [5.41, 5.74) is 0.928. The lowest BCUT2D eigenvalue weighted by molar-refractivity contribution is 0.103. The second-order valence-electron chi connectivity index (χ2n) is 4.74. The number of H-pyrrole nitrogens is 1. The van der Waals surface area contributed by atoms with Crippen LogP contribution in [0.15, 0.2) is 18.2 Å². The van der Waals surface area contributed by atoms with Gasteiger partial charge in [0, 0.05) is 22.7 Å². The van der Waals surface area contributed by atoms with Gasteiger partial charge < -0.3 is 10.6 Å². The molecule has 1 unspecified atom stereocenters. The van der Waals surface area contributed by atoms with E-state index in [9.17, 15) is 4.79 Å². The quantitative estimate of drug-likeness (QED) is 0.806. The summed E-state index contributed by atoms with van der Waals surface area (Å²) in [6.45, 7) is 2.97. The number of nitrogens with one attached hydrogen (secondary N) is 3. The fourth-order valence-corrected chi connectivity index (χ4v) is 3.26. The Morgan fingerprint density at radius 1 is 1.53 bits per heavy atom. The summed E-state index contributed by atoms with van der Waals surface area (Å²) in [4.78, 5) is 14.0. The van der Waals surface area contributed by atoms with Crippen molar-refractivity contribution in [3.63, 3.8) is 0 Å². The van der Waals surface area contributed by atoms with Gasteiger partial charge in [0.05, 0.1) is 4.88 Å². The molecule has 1 amide bonds. The highest BCUT2D eigenvalue weighted by Gasteiger charge is 2.19. The molecule has 0 aromatic carbocycles. The van der Waals surface area contributed by atoms with E-state index in [2.05, 4.69) is 20.8 Å². The molecule has 0 bridgehead atoms. The SMILES string of the molecule is Cc1cc(NC(=O)c2ccc(C3CCCN3)s2)n[nH]1. The first-order valence-corrected chi connectivity index (χ1v) is 7.20. The number of thiophene rings is 1. The minimum Gasteiger partial charge on any atom is -0.309 e. The topological polar surface area (TPSA) is 69.8 Å². The molecular formula is C13H16N4OS. The predicted molar refractivity (Wildman–Crippen MR) is 75.6 cm³/mol. The number of carbonyl (C=O) groups is 1. The summed E-state index contributed by atoms with van der Waals surface area (Å²) in [6.07, 6.45) is 2.36. The van der Waals surface area contributed by atoms with Gasteiger partial charge in [0.25, 0.3) is 5.91 Å². The number of hydrogen-bond acceptors (Lipinski definition) is 4. The number of amides is 1. The molecule has 2 aromatic rings. The first-order chi connectivity index (χ1) is 9.22. The summed E-state index contributed by atoms with van der Waals surface area (Å²) < 4.78 is 0. The zero-order valence-corrected chi connectivity index (χ0v) is 11.5. The van der Waals surface area contributed by atoms with Crippen LogP contribution in [-0.2, 0) is 0 Å². The van der Waals surface area contributed by atoms with Crippen molar-refractivity contribution in [1.29, 1.82) is 0 Å². The van der Waals surface area contributed by atoms with Gasteiger partial charge in [0.1, 0.15) is 0 Å². The fraction of sp³-hybridized carbons (Fsp3) is 0.385. The van der Waals surface area contributed by atoms with E-state index in [1.165, 1.54) is 11.3 Å². The lowest BCUT2D eigenvalue weighted by atomic mass is 10.2. The predicted octanol–water partition coefficient (Wildman–Crippen LogP) is 2.46. The maximum absolute atomic E-state index is 12.1. The maximum atomic E-state index is 12.1. The van der Waals surface area contributed by atoms with Crippen molar-refractivity contribution in [3.05, 3.63) is 33.6 Å². The van der Waals surface area contributed by atoms with Crippen molar-refractivity contribution in [2.24, 2.45) is 0 Å². The number of nitrogens with zero attached hydrogens (tertiary/aromatic N) is 1. The molecule has 1 aliphatic heterocycles. The van der Waals surface area contributed by atoms with Gasteiger partial charge in [-0.05, 0) is 38.4 Å². The van der Waals surface area contributed by atoms with E-state index >= 15 is 0 Å². The minimum absolute atomic E-state index is 0.0965. The molecule has 5 nitrogen and oxygen atoms in total. The Bertz CT molecular complexity index is 583. The van der Waals surface area contributed by atoms with Crippen LogP contribution in [0.25, 0.3) is 0 Å². The Kier molecular flexibility index (Phi) is 3.35. The highest BCUT2D eigenvalue weighted by atomic mass is 32.1. The van der Waals surface area contributed by atoms with Gasteiger partial charge in [0.2, 0.25) is 0 Å². The number of anilines is 1. The largest absolute Gasteiger partial charge is 0.309 e. The van der Waals surface area contributed by atoms with E-state index < -0.39 is 0 Å². The van der Waals surface area contributed by atoms with Crippen LogP contribution < -0.4 is 10.6 Å². The van der Waals surface area contributed by atoms with E-state index in [1.807, 2.05) is 25.1 Å². The molecule has 3 N–H and O–H groups in total. The van der Waals surface area contributed by atoms with E-state index in [4.69, 9.17) is 0 Å². The van der Waals surface area contributed by atoms with Crippen LogP contribution in [0.5, 0.6) is 0 Å². The molecule has 3 heterocycles. The summed E-state index contributed by atoms with van der Waals surface area (Å²) in [6, 6.07) is 6.15. The molecular weight excluding hydrogens is 260 g/mol. The first-order valence-electron chi connectivity index (χ1n) is 6.39. The third kappa shape index (κ3) is 2.69. The van der Waals surface area contributed by atoms with Crippen LogP contribution >= 0.6 is 11.3 Å². The van der Waals surface area contributed by atoms with Gasteiger partial charge >= 0.3 is 0 Å². The third-order valence-corrected chi connectivity index (χ3v) is 4.40. The van der Waals surface area contributed by atoms with Crippen LogP contribution in [0.4, 0.5) is 5.82 Å². The average Bonchev–Trinajstić information content (AvgIpc) is 3.08. The minimum atomic E-state index is -0.0965. The van der Waals surface area contributed by atoms with Crippen molar-refractivity contribution in [1.82, 2.24) is 15.5 Å². The molecule has 100 valence electrons. The van der Waals surface area contributed by atoms with E-state index in [0.717, 1.165) is 23.5 Å². The molecule has 1 atom stereocenters. The third-order valence-electron chi connectivity index (χ3n) is 3.20. The Morgan fingerprint density at radius 3 is 3.11 bits per heavy atom. The van der Waals surface area contributed by atoms with Crippen LogP contribution in [0.3, 0.4) is 0 Å². The molecule has 1 aliphatic rings. The van der Waals surface area contributed by atoms with Crippen molar-refractivity contribution in [2.75, 3.05) is 11.9 Å². The van der Waals surface area contributed by atoms with Crippen LogP contribution in [-0.4, -0.2) is 22.6 Å². The van der Waals surface area contributed by atoms with Gasteiger partial charge in [-0.25, -0.2) is 0 Å². The molecule has 2 aromatic heterocycles. The Hall–Kier alpha value is -1.66. The van der Waals surface area contributed by atoms with Crippen molar-refractivity contribution < 1.29 is 4.79 Å². The molecule has 0 aliphatic carbocycles. The number of aryl methyl sites for hydroxylation is 1. The number of rotatable bonds is 3. The Balaban J connectivity index is 1.69. The lowest BCUT2D eigenvalue weighted by Crippen LogP contribution is -2.11. The van der Waals surface area contributed by atoms with Gasteiger partial charge in [-0.15, -0.1) is 11.3 Å².